The van der Waals surface area contributed by atoms with Crippen molar-refractivity contribution in [3.8, 4) is 0 Å². The first kappa shape index (κ1) is 20.7. The van der Waals surface area contributed by atoms with E-state index in [1.807, 2.05) is 6.92 Å². The maximum absolute atomic E-state index is 11.9. The highest BCUT2D eigenvalue weighted by Crippen LogP contribution is 2.12. The SMILES string of the molecule is C=NCCOCCOCCOCCOS(=O)(=O)c1ccc(C)cc1. The summed E-state index contributed by atoms with van der Waals surface area (Å²) in [5.41, 5.74) is 0.986. The lowest BCUT2D eigenvalue weighted by Gasteiger charge is -2.08. The van der Waals surface area contributed by atoms with Gasteiger partial charge in [-0.3, -0.25) is 9.18 Å². The van der Waals surface area contributed by atoms with Crippen LogP contribution in [0.5, 0.6) is 0 Å². The second kappa shape index (κ2) is 12.1. The zero-order valence-electron chi connectivity index (χ0n) is 14.0. The Balaban J connectivity index is 2.02. The smallest absolute Gasteiger partial charge is 0.297 e. The van der Waals surface area contributed by atoms with Crippen LogP contribution in [0.4, 0.5) is 0 Å². The number of nitrogens with zero attached hydrogens (tertiary/aromatic N) is 1. The molecule has 24 heavy (non-hydrogen) atoms. The van der Waals surface area contributed by atoms with Gasteiger partial charge in [0.25, 0.3) is 10.1 Å². The van der Waals surface area contributed by atoms with Crippen LogP contribution in [0.3, 0.4) is 0 Å². The van der Waals surface area contributed by atoms with Crippen LogP contribution in [0.1, 0.15) is 5.56 Å². The first-order valence-electron chi connectivity index (χ1n) is 7.68. The van der Waals surface area contributed by atoms with Crippen LogP contribution >= 0.6 is 0 Å². The molecule has 0 atom stereocenters. The van der Waals surface area contributed by atoms with Gasteiger partial charge in [0.2, 0.25) is 0 Å². The average molecular weight is 359 g/mol. The number of hydrogen-bond acceptors (Lipinski definition) is 7. The highest BCUT2D eigenvalue weighted by Gasteiger charge is 2.14. The topological polar surface area (TPSA) is 83.4 Å². The van der Waals surface area contributed by atoms with Gasteiger partial charge in [-0.15, -0.1) is 0 Å². The van der Waals surface area contributed by atoms with E-state index < -0.39 is 10.1 Å². The molecule has 0 amide bonds. The summed E-state index contributed by atoms with van der Waals surface area (Å²) in [5, 5.41) is 0. The maximum Gasteiger partial charge on any atom is 0.297 e. The molecular weight excluding hydrogens is 334 g/mol. The fraction of sp³-hybridized carbons (Fsp3) is 0.562. The maximum atomic E-state index is 11.9. The van der Waals surface area contributed by atoms with E-state index in [9.17, 15) is 8.42 Å². The molecule has 0 aliphatic carbocycles. The second-order valence-corrected chi connectivity index (χ2v) is 6.49. The number of ether oxygens (including phenoxy) is 3. The number of rotatable bonds is 14. The average Bonchev–Trinajstić information content (AvgIpc) is 2.56. The van der Waals surface area contributed by atoms with Crippen molar-refractivity contribution in [1.82, 2.24) is 0 Å². The van der Waals surface area contributed by atoms with Gasteiger partial charge in [0.15, 0.2) is 0 Å². The molecule has 0 aromatic heterocycles. The fourth-order valence-corrected chi connectivity index (χ4v) is 2.54. The predicted octanol–water partition coefficient (Wildman–Crippen LogP) is 1.45. The van der Waals surface area contributed by atoms with Gasteiger partial charge >= 0.3 is 0 Å². The molecule has 1 rings (SSSR count). The minimum atomic E-state index is -3.73. The van der Waals surface area contributed by atoms with Gasteiger partial charge in [-0.25, -0.2) is 0 Å². The normalized spacial score (nSPS) is 11.5. The zero-order valence-corrected chi connectivity index (χ0v) is 14.8. The molecule has 0 aliphatic heterocycles. The summed E-state index contributed by atoms with van der Waals surface area (Å²) in [6.45, 7) is 8.24. The number of hydrogen-bond donors (Lipinski definition) is 0. The molecule has 0 radical (unpaired) electrons. The predicted molar refractivity (Wildman–Crippen MR) is 91.2 cm³/mol. The zero-order chi connectivity index (χ0) is 17.7. The van der Waals surface area contributed by atoms with Crippen LogP contribution in [-0.2, 0) is 28.5 Å². The standard InChI is InChI=1S/C16H25NO6S/c1-15-3-5-16(6-4-15)24(18,19)23-14-13-22-12-11-21-10-9-20-8-7-17-2/h3-6H,2,7-14H2,1H3. The summed E-state index contributed by atoms with van der Waals surface area (Å²) >= 11 is 0. The molecule has 1 aromatic carbocycles. The third kappa shape index (κ3) is 9.09. The van der Waals surface area contributed by atoms with E-state index in [-0.39, 0.29) is 18.1 Å². The third-order valence-electron chi connectivity index (χ3n) is 2.91. The first-order chi connectivity index (χ1) is 11.6. The van der Waals surface area contributed by atoms with E-state index in [2.05, 4.69) is 11.7 Å². The van der Waals surface area contributed by atoms with Crippen molar-refractivity contribution >= 4 is 16.8 Å². The fourth-order valence-electron chi connectivity index (χ4n) is 1.65. The Bertz CT molecular complexity index is 558. The van der Waals surface area contributed by atoms with Crippen molar-refractivity contribution in [3.63, 3.8) is 0 Å². The van der Waals surface area contributed by atoms with E-state index >= 15 is 0 Å². The molecule has 0 unspecified atom stereocenters. The lowest BCUT2D eigenvalue weighted by molar-refractivity contribution is 0.0110. The number of aliphatic imine (C=N–C) groups is 1. The Hall–Kier alpha value is -1.32. The van der Waals surface area contributed by atoms with Crippen molar-refractivity contribution in [2.75, 3.05) is 52.8 Å². The van der Waals surface area contributed by atoms with Crippen molar-refractivity contribution in [3.05, 3.63) is 29.8 Å². The largest absolute Gasteiger partial charge is 0.377 e. The Morgan fingerprint density at radius 1 is 0.875 bits per heavy atom. The van der Waals surface area contributed by atoms with Gasteiger partial charge in [-0.1, -0.05) is 17.7 Å². The first-order valence-corrected chi connectivity index (χ1v) is 9.09. The molecule has 8 heteroatoms. The van der Waals surface area contributed by atoms with Crippen LogP contribution in [0.25, 0.3) is 0 Å². The molecule has 0 bridgehead atoms. The molecule has 0 heterocycles. The molecule has 7 nitrogen and oxygen atoms in total. The summed E-state index contributed by atoms with van der Waals surface area (Å²) in [6.07, 6.45) is 0. The van der Waals surface area contributed by atoms with Crippen molar-refractivity contribution in [2.45, 2.75) is 11.8 Å². The van der Waals surface area contributed by atoms with E-state index in [0.29, 0.717) is 39.6 Å². The lowest BCUT2D eigenvalue weighted by Crippen LogP contribution is -2.14. The molecule has 0 fully saturated rings. The second-order valence-electron chi connectivity index (χ2n) is 4.87. The van der Waals surface area contributed by atoms with Crippen molar-refractivity contribution < 1.29 is 26.8 Å². The Morgan fingerprint density at radius 2 is 1.38 bits per heavy atom. The lowest BCUT2D eigenvalue weighted by atomic mass is 10.2. The summed E-state index contributed by atoms with van der Waals surface area (Å²) < 4.78 is 44.5. The highest BCUT2D eigenvalue weighted by molar-refractivity contribution is 7.86. The Kier molecular flexibility index (Phi) is 10.4. The van der Waals surface area contributed by atoms with E-state index in [1.54, 1.807) is 12.1 Å². The number of benzene rings is 1. The van der Waals surface area contributed by atoms with Crippen molar-refractivity contribution in [2.24, 2.45) is 4.99 Å². The minimum absolute atomic E-state index is 0.0339. The third-order valence-corrected chi connectivity index (χ3v) is 4.24. The summed E-state index contributed by atoms with van der Waals surface area (Å²) in [6, 6.07) is 6.49. The molecule has 1 aromatic rings. The van der Waals surface area contributed by atoms with E-state index in [0.717, 1.165) is 5.56 Å². The van der Waals surface area contributed by atoms with Gasteiger partial charge in [0.05, 0.1) is 57.7 Å². The Labute approximate surface area is 143 Å². The summed E-state index contributed by atoms with van der Waals surface area (Å²) in [7, 11) is -3.73. The van der Waals surface area contributed by atoms with Gasteiger partial charge in [-0.2, -0.15) is 8.42 Å². The molecule has 0 saturated heterocycles. The van der Waals surface area contributed by atoms with Crippen molar-refractivity contribution in [1.29, 1.82) is 0 Å². The molecular formula is C16H25NO6S. The summed E-state index contributed by atoms with van der Waals surface area (Å²) in [5.74, 6) is 0. The molecule has 136 valence electrons. The van der Waals surface area contributed by atoms with Crippen LogP contribution in [0, 0.1) is 6.92 Å². The van der Waals surface area contributed by atoms with Crippen LogP contribution in [0.2, 0.25) is 0 Å². The van der Waals surface area contributed by atoms with Crippen LogP contribution in [0.15, 0.2) is 34.2 Å². The quantitative estimate of drug-likeness (QED) is 0.284. The molecule has 0 aliphatic rings. The van der Waals surface area contributed by atoms with E-state index in [1.165, 1.54) is 12.1 Å². The molecule has 0 N–H and O–H groups in total. The molecule has 0 spiro atoms. The monoisotopic (exact) mass is 359 g/mol. The highest BCUT2D eigenvalue weighted by atomic mass is 32.2. The van der Waals surface area contributed by atoms with Crippen LogP contribution < -0.4 is 0 Å². The summed E-state index contributed by atoms with van der Waals surface area (Å²) in [4.78, 5) is 3.80. The van der Waals surface area contributed by atoms with Crippen LogP contribution in [-0.4, -0.2) is 67.9 Å². The van der Waals surface area contributed by atoms with Gasteiger partial charge in [0.1, 0.15) is 0 Å². The Morgan fingerprint density at radius 3 is 1.92 bits per heavy atom. The van der Waals surface area contributed by atoms with Gasteiger partial charge in [-0.05, 0) is 25.8 Å². The molecule has 0 saturated carbocycles. The van der Waals surface area contributed by atoms with Gasteiger partial charge in [0, 0.05) is 0 Å². The van der Waals surface area contributed by atoms with Gasteiger partial charge < -0.3 is 14.2 Å². The number of aryl methyl sites for hydroxylation is 1. The van der Waals surface area contributed by atoms with E-state index in [4.69, 9.17) is 18.4 Å². The minimum Gasteiger partial charge on any atom is -0.377 e.